The molecule has 2 heterocycles. The summed E-state index contributed by atoms with van der Waals surface area (Å²) in [7, 11) is 0. The summed E-state index contributed by atoms with van der Waals surface area (Å²) in [5, 5.41) is 9.94. The maximum atomic E-state index is 12.4. The highest BCUT2D eigenvalue weighted by Crippen LogP contribution is 2.26. The molecule has 0 bridgehead atoms. The highest BCUT2D eigenvalue weighted by molar-refractivity contribution is 7.99. The van der Waals surface area contributed by atoms with E-state index in [1.54, 1.807) is 17.4 Å². The number of thioether (sulfide) groups is 1. The number of ketones is 1. The van der Waals surface area contributed by atoms with Crippen LogP contribution in [0.15, 0.2) is 54.2 Å². The Morgan fingerprint density at radius 1 is 1.27 bits per heavy atom. The SMILES string of the molecule is C=CCn1c(SCC(=O)c2ccc(CC)s2)nnc1-c1ccc(Cl)cc1. The van der Waals surface area contributed by atoms with Crippen LogP contribution in [0.4, 0.5) is 0 Å². The molecular formula is C19H18ClN3OS2. The quantitative estimate of drug-likeness (QED) is 0.287. The second-order valence-corrected chi connectivity index (χ2v) is 8.09. The van der Waals surface area contributed by atoms with Gasteiger partial charge in [0.1, 0.15) is 0 Å². The molecule has 0 N–H and O–H groups in total. The van der Waals surface area contributed by atoms with Gasteiger partial charge in [-0.05, 0) is 42.8 Å². The fourth-order valence-electron chi connectivity index (χ4n) is 2.42. The summed E-state index contributed by atoms with van der Waals surface area (Å²) in [6.07, 6.45) is 2.74. The number of Topliss-reactive ketones (excluding diaryl/α,β-unsaturated/α-hetero) is 1. The molecule has 2 aromatic heterocycles. The van der Waals surface area contributed by atoms with Gasteiger partial charge in [-0.3, -0.25) is 9.36 Å². The summed E-state index contributed by atoms with van der Waals surface area (Å²) < 4.78 is 1.96. The van der Waals surface area contributed by atoms with Crippen molar-refractivity contribution in [2.24, 2.45) is 0 Å². The van der Waals surface area contributed by atoms with Crippen LogP contribution >= 0.6 is 34.7 Å². The number of aromatic nitrogens is 3. The number of rotatable bonds is 8. The van der Waals surface area contributed by atoms with Crippen LogP contribution in [0.1, 0.15) is 21.5 Å². The van der Waals surface area contributed by atoms with Gasteiger partial charge in [-0.1, -0.05) is 36.4 Å². The number of hydrogen-bond donors (Lipinski definition) is 0. The second kappa shape index (κ2) is 8.66. The summed E-state index contributed by atoms with van der Waals surface area (Å²) in [4.78, 5) is 14.4. The molecule has 0 spiro atoms. The van der Waals surface area contributed by atoms with E-state index in [4.69, 9.17) is 11.6 Å². The number of carbonyl (C=O) groups excluding carboxylic acids is 1. The Balaban J connectivity index is 1.78. The zero-order chi connectivity index (χ0) is 18.5. The van der Waals surface area contributed by atoms with Crippen molar-refractivity contribution in [3.63, 3.8) is 0 Å². The number of carbonyl (C=O) groups is 1. The van der Waals surface area contributed by atoms with Crippen molar-refractivity contribution in [2.45, 2.75) is 25.0 Å². The summed E-state index contributed by atoms with van der Waals surface area (Å²) >= 11 is 8.92. The lowest BCUT2D eigenvalue weighted by atomic mass is 10.2. The van der Waals surface area contributed by atoms with Crippen LogP contribution in [0.25, 0.3) is 11.4 Å². The predicted octanol–water partition coefficient (Wildman–Crippen LogP) is 5.38. The molecule has 0 radical (unpaired) electrons. The van der Waals surface area contributed by atoms with E-state index in [2.05, 4.69) is 23.7 Å². The lowest BCUT2D eigenvalue weighted by Crippen LogP contribution is -2.04. The van der Waals surface area contributed by atoms with Gasteiger partial charge in [0, 0.05) is 22.0 Å². The molecule has 0 aliphatic heterocycles. The van der Waals surface area contributed by atoms with E-state index in [-0.39, 0.29) is 5.78 Å². The Labute approximate surface area is 165 Å². The third kappa shape index (κ3) is 4.26. The maximum Gasteiger partial charge on any atom is 0.192 e. The average molecular weight is 404 g/mol. The van der Waals surface area contributed by atoms with Crippen molar-refractivity contribution >= 4 is 40.5 Å². The zero-order valence-electron chi connectivity index (χ0n) is 14.3. The largest absolute Gasteiger partial charge is 0.298 e. The molecule has 7 heteroatoms. The molecule has 134 valence electrons. The first-order valence-corrected chi connectivity index (χ1v) is 10.3. The van der Waals surface area contributed by atoms with Crippen LogP contribution in [0.5, 0.6) is 0 Å². The van der Waals surface area contributed by atoms with Gasteiger partial charge >= 0.3 is 0 Å². The monoisotopic (exact) mass is 403 g/mol. The summed E-state index contributed by atoms with van der Waals surface area (Å²) in [5.74, 6) is 1.18. The Kier molecular flexibility index (Phi) is 6.29. The van der Waals surface area contributed by atoms with Gasteiger partial charge in [0.15, 0.2) is 16.8 Å². The van der Waals surface area contributed by atoms with Crippen LogP contribution in [-0.4, -0.2) is 26.3 Å². The number of halogens is 1. The summed E-state index contributed by atoms with van der Waals surface area (Å²) in [5.41, 5.74) is 0.924. The van der Waals surface area contributed by atoms with Gasteiger partial charge in [-0.2, -0.15) is 0 Å². The number of nitrogens with zero attached hydrogens (tertiary/aromatic N) is 3. The lowest BCUT2D eigenvalue weighted by molar-refractivity contribution is 0.102. The van der Waals surface area contributed by atoms with E-state index in [0.29, 0.717) is 22.5 Å². The van der Waals surface area contributed by atoms with Crippen molar-refractivity contribution in [3.05, 3.63) is 63.8 Å². The molecule has 3 aromatic rings. The number of hydrogen-bond acceptors (Lipinski definition) is 5. The molecule has 1 aromatic carbocycles. The molecule has 0 aliphatic carbocycles. The van der Waals surface area contributed by atoms with Crippen molar-refractivity contribution in [2.75, 3.05) is 5.75 Å². The van der Waals surface area contributed by atoms with Gasteiger partial charge < -0.3 is 0 Å². The molecule has 26 heavy (non-hydrogen) atoms. The second-order valence-electron chi connectivity index (χ2n) is 5.54. The fourth-order valence-corrected chi connectivity index (χ4v) is 4.35. The Morgan fingerprint density at radius 3 is 2.69 bits per heavy atom. The molecule has 0 amide bonds. The number of allylic oxidation sites excluding steroid dienone is 1. The van der Waals surface area contributed by atoms with E-state index in [9.17, 15) is 4.79 Å². The molecule has 0 saturated heterocycles. The topological polar surface area (TPSA) is 47.8 Å². The lowest BCUT2D eigenvalue weighted by Gasteiger charge is -2.07. The Hall–Kier alpha value is -1.89. The molecule has 0 aliphatic rings. The van der Waals surface area contributed by atoms with E-state index >= 15 is 0 Å². The summed E-state index contributed by atoms with van der Waals surface area (Å²) in [6, 6.07) is 11.4. The van der Waals surface area contributed by atoms with Crippen LogP contribution in [-0.2, 0) is 13.0 Å². The minimum Gasteiger partial charge on any atom is -0.298 e. The number of benzene rings is 1. The van der Waals surface area contributed by atoms with E-state index < -0.39 is 0 Å². The minimum absolute atomic E-state index is 0.112. The van der Waals surface area contributed by atoms with Gasteiger partial charge in [0.25, 0.3) is 0 Å². The molecule has 0 saturated carbocycles. The molecule has 0 fully saturated rings. The van der Waals surface area contributed by atoms with Crippen molar-refractivity contribution in [1.82, 2.24) is 14.8 Å². The molecule has 4 nitrogen and oxygen atoms in total. The van der Waals surface area contributed by atoms with E-state index in [0.717, 1.165) is 22.7 Å². The average Bonchev–Trinajstić information content (AvgIpc) is 3.28. The van der Waals surface area contributed by atoms with Crippen molar-refractivity contribution in [3.8, 4) is 11.4 Å². The molecule has 0 unspecified atom stereocenters. The Morgan fingerprint density at radius 2 is 2.04 bits per heavy atom. The zero-order valence-corrected chi connectivity index (χ0v) is 16.7. The third-order valence-electron chi connectivity index (χ3n) is 3.75. The van der Waals surface area contributed by atoms with Gasteiger partial charge in [0.05, 0.1) is 10.6 Å². The number of aryl methyl sites for hydroxylation is 1. The smallest absolute Gasteiger partial charge is 0.192 e. The fraction of sp³-hybridized carbons (Fsp3) is 0.211. The van der Waals surface area contributed by atoms with E-state index in [1.807, 2.05) is 41.0 Å². The molecular weight excluding hydrogens is 386 g/mol. The van der Waals surface area contributed by atoms with Gasteiger partial charge in [-0.15, -0.1) is 28.1 Å². The van der Waals surface area contributed by atoms with Crippen molar-refractivity contribution < 1.29 is 4.79 Å². The maximum absolute atomic E-state index is 12.4. The highest BCUT2D eigenvalue weighted by atomic mass is 35.5. The third-order valence-corrected chi connectivity index (χ3v) is 6.24. The predicted molar refractivity (Wildman–Crippen MR) is 109 cm³/mol. The minimum atomic E-state index is 0.112. The van der Waals surface area contributed by atoms with Crippen LogP contribution in [0.2, 0.25) is 5.02 Å². The van der Waals surface area contributed by atoms with Gasteiger partial charge in [0.2, 0.25) is 0 Å². The normalized spacial score (nSPS) is 10.8. The highest BCUT2D eigenvalue weighted by Gasteiger charge is 2.16. The van der Waals surface area contributed by atoms with E-state index in [1.165, 1.54) is 16.6 Å². The first-order chi connectivity index (χ1) is 12.6. The van der Waals surface area contributed by atoms with Crippen molar-refractivity contribution in [1.29, 1.82) is 0 Å². The Bertz CT molecular complexity index is 915. The van der Waals surface area contributed by atoms with Gasteiger partial charge in [-0.25, -0.2) is 0 Å². The standard InChI is InChI=1S/C19H18ClN3OS2/c1-3-11-23-18(13-5-7-14(20)8-6-13)21-22-19(23)25-12-16(24)17-10-9-15(4-2)26-17/h3,5-10H,1,4,11-12H2,2H3. The van der Waals surface area contributed by atoms with Crippen LogP contribution in [0, 0.1) is 0 Å². The molecule has 0 atom stereocenters. The first-order valence-electron chi connectivity index (χ1n) is 8.17. The van der Waals surface area contributed by atoms with Crippen LogP contribution in [0.3, 0.4) is 0 Å². The van der Waals surface area contributed by atoms with Crippen LogP contribution < -0.4 is 0 Å². The first kappa shape index (κ1) is 18.9. The number of thiophene rings is 1. The summed E-state index contributed by atoms with van der Waals surface area (Å²) in [6.45, 7) is 6.47. The molecule has 3 rings (SSSR count).